The minimum atomic E-state index is -0.482. The zero-order valence-electron chi connectivity index (χ0n) is 11.3. The number of fused-ring (bicyclic) bond motifs is 1. The van der Waals surface area contributed by atoms with E-state index >= 15 is 0 Å². The average Bonchev–Trinajstić information content (AvgIpc) is 2.86. The fraction of sp³-hybridized carbons (Fsp3) is 0.294. The summed E-state index contributed by atoms with van der Waals surface area (Å²) < 4.78 is 19.3. The summed E-state index contributed by atoms with van der Waals surface area (Å²) in [6.07, 6.45) is 1.68. The first-order valence-electron chi connectivity index (χ1n) is 6.95. The van der Waals surface area contributed by atoms with Crippen LogP contribution in [0.15, 0.2) is 48.5 Å². The van der Waals surface area contributed by atoms with E-state index in [1.54, 1.807) is 0 Å². The van der Waals surface area contributed by atoms with Crippen molar-refractivity contribution < 1.29 is 9.13 Å². The van der Waals surface area contributed by atoms with Gasteiger partial charge in [0.1, 0.15) is 11.4 Å². The molecule has 0 aromatic heterocycles. The largest absolute Gasteiger partial charge is 0.361 e. The summed E-state index contributed by atoms with van der Waals surface area (Å²) >= 11 is 0. The van der Waals surface area contributed by atoms with Crippen molar-refractivity contribution in [3.63, 3.8) is 0 Å². The lowest BCUT2D eigenvalue weighted by Gasteiger charge is -2.30. The van der Waals surface area contributed by atoms with Gasteiger partial charge >= 0.3 is 0 Å². The normalized spacial score (nSPS) is 20.9. The number of hydrogen-bond acceptors (Lipinski definition) is 2. The molecule has 2 aromatic rings. The second-order valence-corrected chi connectivity index (χ2v) is 5.17. The first-order chi connectivity index (χ1) is 9.76. The van der Waals surface area contributed by atoms with Crippen LogP contribution in [0.1, 0.15) is 29.5 Å². The van der Waals surface area contributed by atoms with Crippen LogP contribution in [0.5, 0.6) is 0 Å². The Morgan fingerprint density at radius 2 is 1.85 bits per heavy atom. The fourth-order valence-corrected chi connectivity index (χ4v) is 2.98. The summed E-state index contributed by atoms with van der Waals surface area (Å²) in [4.78, 5) is 0. The highest BCUT2D eigenvalue weighted by Crippen LogP contribution is 2.45. The fourth-order valence-electron chi connectivity index (χ4n) is 2.98. The van der Waals surface area contributed by atoms with E-state index in [0.29, 0.717) is 13.2 Å². The van der Waals surface area contributed by atoms with Crippen LogP contribution in [0.3, 0.4) is 0 Å². The van der Waals surface area contributed by atoms with Gasteiger partial charge < -0.3 is 10.5 Å². The van der Waals surface area contributed by atoms with E-state index in [1.165, 1.54) is 23.3 Å². The van der Waals surface area contributed by atoms with E-state index in [-0.39, 0.29) is 5.82 Å². The van der Waals surface area contributed by atoms with Gasteiger partial charge in [-0.15, -0.1) is 0 Å². The quantitative estimate of drug-likeness (QED) is 0.925. The number of halogens is 1. The average molecular weight is 271 g/mol. The number of hydrogen-bond donors (Lipinski definition) is 1. The Morgan fingerprint density at radius 3 is 2.60 bits per heavy atom. The molecule has 1 aliphatic rings. The third-order valence-electron chi connectivity index (χ3n) is 3.97. The molecule has 0 radical (unpaired) electrons. The van der Waals surface area contributed by atoms with Gasteiger partial charge in [-0.25, -0.2) is 4.39 Å². The molecule has 0 saturated heterocycles. The molecular weight excluding hydrogens is 253 g/mol. The van der Waals surface area contributed by atoms with Gasteiger partial charge in [-0.05, 0) is 48.2 Å². The third kappa shape index (κ3) is 2.13. The molecule has 2 N–H and O–H groups in total. The lowest BCUT2D eigenvalue weighted by molar-refractivity contribution is -0.0126. The third-order valence-corrected chi connectivity index (χ3v) is 3.97. The van der Waals surface area contributed by atoms with Crippen LogP contribution in [0.4, 0.5) is 4.39 Å². The monoisotopic (exact) mass is 271 g/mol. The second-order valence-electron chi connectivity index (χ2n) is 5.17. The van der Waals surface area contributed by atoms with Gasteiger partial charge in [0, 0.05) is 0 Å². The summed E-state index contributed by atoms with van der Waals surface area (Å²) in [5.41, 5.74) is 8.57. The number of benzene rings is 2. The Bertz CT molecular complexity index is 596. The van der Waals surface area contributed by atoms with Gasteiger partial charge in [-0.2, -0.15) is 0 Å². The molecule has 104 valence electrons. The standard InChI is InChI=1S/C17H18FNO/c18-15-8-6-14(7-9-15)17(10-3-11-19)16-5-2-1-4-13(16)12-20-17/h1-2,4-9H,3,10-12,19H2. The first-order valence-corrected chi connectivity index (χ1v) is 6.95. The molecule has 0 spiro atoms. The molecular formula is C17H18FNO. The SMILES string of the molecule is NCCCC1(c2ccc(F)cc2)OCc2ccccc21. The molecule has 20 heavy (non-hydrogen) atoms. The predicted molar refractivity (Wildman–Crippen MR) is 76.7 cm³/mol. The van der Waals surface area contributed by atoms with E-state index in [9.17, 15) is 4.39 Å². The second kappa shape index (κ2) is 5.35. The molecule has 1 unspecified atom stereocenters. The summed E-state index contributed by atoms with van der Waals surface area (Å²) in [7, 11) is 0. The van der Waals surface area contributed by atoms with E-state index < -0.39 is 5.60 Å². The maximum Gasteiger partial charge on any atom is 0.123 e. The number of nitrogens with two attached hydrogens (primary N) is 1. The molecule has 1 heterocycles. The zero-order valence-corrected chi connectivity index (χ0v) is 11.3. The highest BCUT2D eigenvalue weighted by Gasteiger charge is 2.40. The smallest absolute Gasteiger partial charge is 0.123 e. The van der Waals surface area contributed by atoms with Crippen molar-refractivity contribution in [2.24, 2.45) is 5.73 Å². The van der Waals surface area contributed by atoms with Gasteiger partial charge in [-0.1, -0.05) is 36.4 Å². The predicted octanol–water partition coefficient (Wildman–Crippen LogP) is 3.34. The summed E-state index contributed by atoms with van der Waals surface area (Å²) in [6.45, 7) is 1.21. The van der Waals surface area contributed by atoms with Gasteiger partial charge in [0.15, 0.2) is 0 Å². The Balaban J connectivity index is 2.09. The molecule has 1 aliphatic heterocycles. The minimum absolute atomic E-state index is 0.228. The van der Waals surface area contributed by atoms with Crippen molar-refractivity contribution in [3.8, 4) is 0 Å². The van der Waals surface area contributed by atoms with Crippen molar-refractivity contribution in [3.05, 3.63) is 71.0 Å². The Labute approximate surface area is 118 Å². The minimum Gasteiger partial charge on any atom is -0.361 e. The maximum absolute atomic E-state index is 13.2. The van der Waals surface area contributed by atoms with Crippen molar-refractivity contribution in [1.82, 2.24) is 0 Å². The van der Waals surface area contributed by atoms with Crippen LogP contribution in [-0.2, 0) is 16.9 Å². The summed E-state index contributed by atoms with van der Waals surface area (Å²) in [5, 5.41) is 0. The first kappa shape index (κ1) is 13.3. The van der Waals surface area contributed by atoms with Crippen LogP contribution in [0, 0.1) is 5.82 Å². The Kier molecular flexibility index (Phi) is 3.55. The number of ether oxygens (including phenoxy) is 1. The van der Waals surface area contributed by atoms with E-state index in [2.05, 4.69) is 12.1 Å². The van der Waals surface area contributed by atoms with Gasteiger partial charge in [-0.3, -0.25) is 0 Å². The van der Waals surface area contributed by atoms with Crippen molar-refractivity contribution in [2.45, 2.75) is 25.0 Å². The van der Waals surface area contributed by atoms with Crippen molar-refractivity contribution in [2.75, 3.05) is 6.54 Å². The highest BCUT2D eigenvalue weighted by molar-refractivity contribution is 5.44. The summed E-state index contributed by atoms with van der Waals surface area (Å²) in [5.74, 6) is -0.228. The Morgan fingerprint density at radius 1 is 1.10 bits per heavy atom. The van der Waals surface area contributed by atoms with Crippen molar-refractivity contribution in [1.29, 1.82) is 0 Å². The molecule has 0 amide bonds. The Hall–Kier alpha value is -1.71. The molecule has 0 fully saturated rings. The van der Waals surface area contributed by atoms with E-state index in [0.717, 1.165) is 18.4 Å². The molecule has 0 aliphatic carbocycles. The molecule has 2 nitrogen and oxygen atoms in total. The highest BCUT2D eigenvalue weighted by atomic mass is 19.1. The molecule has 3 heteroatoms. The van der Waals surface area contributed by atoms with Crippen LogP contribution < -0.4 is 5.73 Å². The molecule has 2 aromatic carbocycles. The molecule has 1 atom stereocenters. The maximum atomic E-state index is 13.2. The lowest BCUT2D eigenvalue weighted by Crippen LogP contribution is -2.28. The van der Waals surface area contributed by atoms with Gasteiger partial charge in [0.2, 0.25) is 0 Å². The van der Waals surface area contributed by atoms with Gasteiger partial charge in [0.25, 0.3) is 0 Å². The molecule has 0 bridgehead atoms. The zero-order chi connectivity index (χ0) is 14.0. The van der Waals surface area contributed by atoms with Crippen LogP contribution >= 0.6 is 0 Å². The lowest BCUT2D eigenvalue weighted by atomic mass is 9.82. The molecule has 0 saturated carbocycles. The van der Waals surface area contributed by atoms with Crippen LogP contribution in [-0.4, -0.2) is 6.54 Å². The van der Waals surface area contributed by atoms with Crippen LogP contribution in [0.2, 0.25) is 0 Å². The van der Waals surface area contributed by atoms with E-state index in [4.69, 9.17) is 10.5 Å². The van der Waals surface area contributed by atoms with Gasteiger partial charge in [0.05, 0.1) is 6.61 Å². The van der Waals surface area contributed by atoms with E-state index in [1.807, 2.05) is 24.3 Å². The topological polar surface area (TPSA) is 35.2 Å². The number of rotatable bonds is 4. The summed E-state index contributed by atoms with van der Waals surface area (Å²) in [6, 6.07) is 14.8. The van der Waals surface area contributed by atoms with Crippen LogP contribution in [0.25, 0.3) is 0 Å². The van der Waals surface area contributed by atoms with Crippen molar-refractivity contribution >= 4 is 0 Å². The molecule has 3 rings (SSSR count).